The molecule has 0 atom stereocenters. The van der Waals surface area contributed by atoms with Crippen molar-refractivity contribution in [3.63, 3.8) is 0 Å². The van der Waals surface area contributed by atoms with E-state index >= 15 is 0 Å². The maximum Gasteiger partial charge on any atom is 0.231 e. The van der Waals surface area contributed by atoms with Crippen LogP contribution in [0.5, 0.6) is 0 Å². The van der Waals surface area contributed by atoms with Crippen molar-refractivity contribution >= 4 is 17.8 Å². The van der Waals surface area contributed by atoms with Gasteiger partial charge in [0, 0.05) is 19.6 Å². The summed E-state index contributed by atoms with van der Waals surface area (Å²) in [4.78, 5) is 16.3. The third-order valence-corrected chi connectivity index (χ3v) is 9.60. The van der Waals surface area contributed by atoms with Crippen molar-refractivity contribution in [3.05, 3.63) is 0 Å². The Hall–Kier alpha value is -1.71. The molecule has 0 unspecified atom stereocenters. The van der Waals surface area contributed by atoms with Crippen LogP contribution >= 0.6 is 0 Å². The zero-order valence-electron chi connectivity index (χ0n) is 31.6. The first kappa shape index (κ1) is 44.3. The molecule has 9 N–H and O–H groups in total. The fraction of sp³-hybridized carbons (Fsp3) is 0.923. The summed E-state index contributed by atoms with van der Waals surface area (Å²) in [7, 11) is 0. The molecule has 1 rings (SSSR count). The van der Waals surface area contributed by atoms with E-state index in [1.54, 1.807) is 0 Å². The van der Waals surface area contributed by atoms with Crippen molar-refractivity contribution in [3.8, 4) is 0 Å². The molecule has 1 aromatic heterocycles. The van der Waals surface area contributed by atoms with Crippen molar-refractivity contribution < 1.29 is 0 Å². The highest BCUT2D eigenvalue weighted by molar-refractivity contribution is 5.41. The van der Waals surface area contributed by atoms with Gasteiger partial charge >= 0.3 is 0 Å². The lowest BCUT2D eigenvalue weighted by Gasteiger charge is -2.23. The minimum atomic E-state index is 0.317. The molecule has 9 nitrogen and oxygen atoms in total. The lowest BCUT2D eigenvalue weighted by molar-refractivity contribution is 0.539. The summed E-state index contributed by atoms with van der Waals surface area (Å²) in [5.41, 5.74) is 23.0. The Morgan fingerprint density at radius 1 is 0.375 bits per heavy atom. The number of nitrogens with zero attached hydrogens (tertiary/aromatic N) is 4. The second kappa shape index (κ2) is 35.1. The van der Waals surface area contributed by atoms with E-state index in [0.29, 0.717) is 11.9 Å². The molecule has 0 aliphatic heterocycles. The van der Waals surface area contributed by atoms with Gasteiger partial charge in [0.2, 0.25) is 17.8 Å². The third kappa shape index (κ3) is 28.2. The van der Waals surface area contributed by atoms with Gasteiger partial charge in [0.15, 0.2) is 0 Å². The predicted octanol–water partition coefficient (Wildman–Crippen LogP) is 9.25. The van der Waals surface area contributed by atoms with Crippen LogP contribution in [0.15, 0.2) is 0 Å². The molecule has 1 heterocycles. The number of nitrogen functional groups attached to an aromatic ring is 1. The van der Waals surface area contributed by atoms with Crippen LogP contribution in [-0.4, -0.2) is 54.2 Å². The maximum atomic E-state index is 6.21. The zero-order valence-corrected chi connectivity index (χ0v) is 31.6. The summed E-state index contributed by atoms with van der Waals surface area (Å²) in [6, 6.07) is 0. The Morgan fingerprint density at radius 2 is 0.688 bits per heavy atom. The second-order valence-corrected chi connectivity index (χ2v) is 14.2. The van der Waals surface area contributed by atoms with Crippen molar-refractivity contribution in [2.75, 3.05) is 55.2 Å². The van der Waals surface area contributed by atoms with Crippen LogP contribution in [0, 0.1) is 0 Å². The highest BCUT2D eigenvalue weighted by atomic mass is 15.3. The van der Waals surface area contributed by atoms with Gasteiger partial charge in [-0.25, -0.2) is 0 Å². The maximum absolute atomic E-state index is 6.21. The molecule has 0 aliphatic rings. The average Bonchev–Trinajstić information content (AvgIpc) is 3.08. The van der Waals surface area contributed by atoms with Crippen LogP contribution in [0.1, 0.15) is 193 Å². The van der Waals surface area contributed by atoms with Crippen LogP contribution in [-0.2, 0) is 0 Å². The van der Waals surface area contributed by atoms with E-state index in [2.05, 4.69) is 20.2 Å². The molecule has 0 saturated heterocycles. The van der Waals surface area contributed by atoms with Gasteiger partial charge in [0.1, 0.15) is 0 Å². The quantitative estimate of drug-likeness (QED) is 0.0431. The summed E-state index contributed by atoms with van der Waals surface area (Å²) >= 11 is 0. The molecule has 0 saturated carbocycles. The number of anilines is 3. The van der Waals surface area contributed by atoms with Crippen LogP contribution in [0.2, 0.25) is 0 Å². The Kier molecular flexibility index (Phi) is 32.4. The molecule has 9 heteroatoms. The van der Waals surface area contributed by atoms with Crippen LogP contribution in [0.25, 0.3) is 0 Å². The van der Waals surface area contributed by atoms with Gasteiger partial charge in [-0.1, -0.05) is 154 Å². The number of nitrogens with two attached hydrogens (primary N) is 4. The molecule has 0 aromatic carbocycles. The summed E-state index contributed by atoms with van der Waals surface area (Å²) < 4.78 is 0. The van der Waals surface area contributed by atoms with Gasteiger partial charge in [0.05, 0.1) is 0 Å². The van der Waals surface area contributed by atoms with Crippen LogP contribution in [0.3, 0.4) is 0 Å². The summed E-state index contributed by atoms with van der Waals surface area (Å²) in [5, 5.41) is 3.44. The Morgan fingerprint density at radius 3 is 1.04 bits per heavy atom. The minimum absolute atomic E-state index is 0.317. The zero-order chi connectivity index (χ0) is 34.6. The second-order valence-electron chi connectivity index (χ2n) is 14.2. The molecule has 0 spiro atoms. The number of nitrogens with one attached hydrogen (secondary N) is 1. The first-order valence-electron chi connectivity index (χ1n) is 20.8. The highest BCUT2D eigenvalue weighted by Crippen LogP contribution is 2.18. The first-order valence-corrected chi connectivity index (χ1v) is 20.8. The number of hydrogen-bond acceptors (Lipinski definition) is 9. The first-order chi connectivity index (χ1) is 23.7. The van der Waals surface area contributed by atoms with E-state index in [1.165, 1.54) is 186 Å². The largest absolute Gasteiger partial charge is 0.368 e. The SMILES string of the molecule is NCCCCCCCCCCCCNc1nc(N)nc(N(CCCCCCCCCCCCN)CCCCCCCCCCCCN)n1. The van der Waals surface area contributed by atoms with Crippen molar-refractivity contribution in [2.24, 2.45) is 17.2 Å². The van der Waals surface area contributed by atoms with E-state index in [-0.39, 0.29) is 0 Å². The van der Waals surface area contributed by atoms with Crippen molar-refractivity contribution in [2.45, 2.75) is 193 Å². The summed E-state index contributed by atoms with van der Waals surface area (Å²) in [5.74, 6) is 1.68. The summed E-state index contributed by atoms with van der Waals surface area (Å²) in [6.07, 6.45) is 38.8. The molecule has 0 fully saturated rings. The molecule has 282 valence electrons. The van der Waals surface area contributed by atoms with E-state index in [4.69, 9.17) is 27.9 Å². The molecule has 0 amide bonds. The standard InChI is InChI=1S/C39H81N9/c40-31-25-19-13-7-1-4-10-16-22-28-34-44-38-45-37(43)46-39(47-38)48(35-29-23-17-11-5-2-8-14-20-26-32-41)36-30-24-18-12-6-3-9-15-21-27-33-42/h1-36,40-42H2,(H3,43,44,45,46,47). The van der Waals surface area contributed by atoms with Crippen molar-refractivity contribution in [1.29, 1.82) is 0 Å². The fourth-order valence-electron chi connectivity index (χ4n) is 6.52. The van der Waals surface area contributed by atoms with Crippen LogP contribution in [0.4, 0.5) is 17.8 Å². The van der Waals surface area contributed by atoms with Gasteiger partial charge < -0.3 is 33.2 Å². The van der Waals surface area contributed by atoms with Gasteiger partial charge in [0.25, 0.3) is 0 Å². The smallest absolute Gasteiger partial charge is 0.231 e. The molecular formula is C39H81N9. The normalized spacial score (nSPS) is 11.4. The van der Waals surface area contributed by atoms with Gasteiger partial charge in [-0.2, -0.15) is 15.0 Å². The Balaban J connectivity index is 2.42. The predicted molar refractivity (Wildman–Crippen MR) is 211 cm³/mol. The number of rotatable bonds is 38. The number of hydrogen-bond donors (Lipinski definition) is 5. The van der Waals surface area contributed by atoms with E-state index in [9.17, 15) is 0 Å². The lowest BCUT2D eigenvalue weighted by atomic mass is 10.1. The van der Waals surface area contributed by atoms with E-state index in [0.717, 1.165) is 51.6 Å². The lowest BCUT2D eigenvalue weighted by Crippen LogP contribution is -2.28. The number of unbranched alkanes of at least 4 members (excludes halogenated alkanes) is 27. The summed E-state index contributed by atoms with van der Waals surface area (Å²) in [6.45, 7) is 5.34. The Bertz CT molecular complexity index is 769. The van der Waals surface area contributed by atoms with E-state index in [1.807, 2.05) is 0 Å². The van der Waals surface area contributed by atoms with Crippen LogP contribution < -0.4 is 33.2 Å². The monoisotopic (exact) mass is 676 g/mol. The van der Waals surface area contributed by atoms with Gasteiger partial charge in [-0.3, -0.25) is 0 Å². The fourth-order valence-corrected chi connectivity index (χ4v) is 6.52. The van der Waals surface area contributed by atoms with E-state index < -0.39 is 0 Å². The topological polar surface area (TPSA) is 158 Å². The van der Waals surface area contributed by atoms with Gasteiger partial charge in [-0.15, -0.1) is 0 Å². The third-order valence-electron chi connectivity index (χ3n) is 9.60. The Labute approximate surface area is 297 Å². The molecule has 0 bridgehead atoms. The van der Waals surface area contributed by atoms with Gasteiger partial charge in [-0.05, 0) is 58.2 Å². The molecular weight excluding hydrogens is 594 g/mol. The molecule has 48 heavy (non-hydrogen) atoms. The minimum Gasteiger partial charge on any atom is -0.368 e. The number of aromatic nitrogens is 3. The average molecular weight is 676 g/mol. The highest BCUT2D eigenvalue weighted by Gasteiger charge is 2.13. The molecule has 1 aromatic rings. The molecule has 0 radical (unpaired) electrons. The van der Waals surface area contributed by atoms with Crippen molar-refractivity contribution in [1.82, 2.24) is 15.0 Å². The molecule has 0 aliphatic carbocycles.